The highest BCUT2D eigenvalue weighted by Crippen LogP contribution is 2.17. The lowest BCUT2D eigenvalue weighted by atomic mass is 10.2. The highest BCUT2D eigenvalue weighted by atomic mass is 32.1. The predicted octanol–water partition coefficient (Wildman–Crippen LogP) is 2.61. The van der Waals surface area contributed by atoms with E-state index in [-0.39, 0.29) is 5.91 Å². The summed E-state index contributed by atoms with van der Waals surface area (Å²) >= 11 is 1.39. The number of amides is 1. The molecular formula is C12H14N4OS. The molecule has 5 nitrogen and oxygen atoms in total. The predicted molar refractivity (Wildman–Crippen MR) is 73.1 cm³/mol. The molecule has 0 radical (unpaired) electrons. The van der Waals surface area contributed by atoms with Gasteiger partial charge in [-0.2, -0.15) is 0 Å². The number of carbonyl (C=O) groups is 1. The lowest BCUT2D eigenvalue weighted by molar-refractivity contribution is 0.102. The fraction of sp³-hybridized carbons (Fsp3) is 0.250. The van der Waals surface area contributed by atoms with Gasteiger partial charge in [-0.3, -0.25) is 15.1 Å². The van der Waals surface area contributed by atoms with Gasteiger partial charge in [0.05, 0.1) is 17.4 Å². The van der Waals surface area contributed by atoms with Gasteiger partial charge in [0.1, 0.15) is 0 Å². The van der Waals surface area contributed by atoms with Crippen molar-refractivity contribution < 1.29 is 4.79 Å². The largest absolute Gasteiger partial charge is 0.383 e. The number of rotatable bonds is 5. The van der Waals surface area contributed by atoms with Crippen LogP contribution in [0.3, 0.4) is 0 Å². The summed E-state index contributed by atoms with van der Waals surface area (Å²) in [4.78, 5) is 20.1. The Hall–Kier alpha value is -1.95. The number of nitrogens with zero attached hydrogens (tertiary/aromatic N) is 2. The molecule has 0 aliphatic rings. The van der Waals surface area contributed by atoms with E-state index in [9.17, 15) is 4.79 Å². The zero-order valence-corrected chi connectivity index (χ0v) is 10.8. The minimum absolute atomic E-state index is 0.175. The van der Waals surface area contributed by atoms with Crippen LogP contribution in [-0.4, -0.2) is 22.4 Å². The smallest absolute Gasteiger partial charge is 0.259 e. The molecule has 2 heterocycles. The zero-order chi connectivity index (χ0) is 12.8. The maximum absolute atomic E-state index is 12.1. The summed E-state index contributed by atoms with van der Waals surface area (Å²) in [5.74, 6) is -0.175. The molecule has 0 bridgehead atoms. The Morgan fingerprint density at radius 1 is 1.44 bits per heavy atom. The molecule has 0 aromatic carbocycles. The summed E-state index contributed by atoms with van der Waals surface area (Å²) in [5, 5.41) is 8.35. The molecule has 0 spiro atoms. The fourth-order valence-electron chi connectivity index (χ4n) is 1.44. The molecule has 0 fully saturated rings. The van der Waals surface area contributed by atoms with Gasteiger partial charge in [0.15, 0.2) is 5.13 Å². The number of carbonyl (C=O) groups excluding carboxylic acids is 1. The number of pyridine rings is 1. The molecule has 0 unspecified atom stereocenters. The standard InChI is InChI=1S/C12H14N4OS/c1-2-4-14-10-8-13-5-3-9(10)11(17)16-12-15-6-7-18-12/h3,5-8,14H,2,4H2,1H3,(H,15,16,17). The topological polar surface area (TPSA) is 66.9 Å². The van der Waals surface area contributed by atoms with E-state index in [1.54, 1.807) is 24.7 Å². The lowest BCUT2D eigenvalue weighted by Gasteiger charge is -2.09. The van der Waals surface area contributed by atoms with E-state index >= 15 is 0 Å². The molecule has 0 saturated carbocycles. The Morgan fingerprint density at radius 2 is 2.33 bits per heavy atom. The third-order valence-corrected chi connectivity index (χ3v) is 2.97. The third-order valence-electron chi connectivity index (χ3n) is 2.28. The van der Waals surface area contributed by atoms with Crippen LogP contribution in [0.2, 0.25) is 0 Å². The van der Waals surface area contributed by atoms with E-state index in [4.69, 9.17) is 0 Å². The quantitative estimate of drug-likeness (QED) is 0.869. The number of hydrogen-bond acceptors (Lipinski definition) is 5. The lowest BCUT2D eigenvalue weighted by Crippen LogP contribution is -2.15. The van der Waals surface area contributed by atoms with Gasteiger partial charge < -0.3 is 5.32 Å². The van der Waals surface area contributed by atoms with E-state index in [1.807, 2.05) is 5.38 Å². The van der Waals surface area contributed by atoms with Gasteiger partial charge in [-0.1, -0.05) is 6.92 Å². The van der Waals surface area contributed by atoms with Crippen molar-refractivity contribution in [3.63, 3.8) is 0 Å². The van der Waals surface area contributed by atoms with Crippen LogP contribution in [0.1, 0.15) is 23.7 Å². The zero-order valence-electron chi connectivity index (χ0n) is 10.0. The van der Waals surface area contributed by atoms with Crippen LogP contribution in [0, 0.1) is 0 Å². The van der Waals surface area contributed by atoms with E-state index in [2.05, 4.69) is 27.5 Å². The van der Waals surface area contributed by atoms with E-state index in [0.29, 0.717) is 10.7 Å². The maximum Gasteiger partial charge on any atom is 0.259 e. The maximum atomic E-state index is 12.1. The van der Waals surface area contributed by atoms with Crippen molar-refractivity contribution in [1.82, 2.24) is 9.97 Å². The molecule has 0 aliphatic carbocycles. The molecule has 94 valence electrons. The average molecular weight is 262 g/mol. The van der Waals surface area contributed by atoms with Crippen molar-refractivity contribution in [2.24, 2.45) is 0 Å². The van der Waals surface area contributed by atoms with Gasteiger partial charge in [-0.15, -0.1) is 11.3 Å². The molecule has 2 N–H and O–H groups in total. The molecule has 0 aliphatic heterocycles. The van der Waals surface area contributed by atoms with Gasteiger partial charge in [0.25, 0.3) is 5.91 Å². The van der Waals surface area contributed by atoms with Crippen molar-refractivity contribution in [3.8, 4) is 0 Å². The van der Waals surface area contributed by atoms with Crippen molar-refractivity contribution in [2.45, 2.75) is 13.3 Å². The second-order valence-corrected chi connectivity index (χ2v) is 4.53. The molecule has 2 rings (SSSR count). The Kier molecular flexibility index (Phi) is 4.25. The van der Waals surface area contributed by atoms with Gasteiger partial charge in [-0.05, 0) is 12.5 Å². The SMILES string of the molecule is CCCNc1cnccc1C(=O)Nc1nccs1. The van der Waals surface area contributed by atoms with Crippen LogP contribution in [0.5, 0.6) is 0 Å². The number of aromatic nitrogens is 2. The van der Waals surface area contributed by atoms with Gasteiger partial charge in [0, 0.05) is 24.3 Å². The summed E-state index contributed by atoms with van der Waals surface area (Å²) in [6, 6.07) is 1.70. The Labute approximate surface area is 109 Å². The number of anilines is 2. The third kappa shape index (κ3) is 3.04. The Balaban J connectivity index is 2.13. The normalized spacial score (nSPS) is 10.1. The van der Waals surface area contributed by atoms with Crippen LogP contribution in [0.25, 0.3) is 0 Å². The number of thiazole rings is 1. The fourth-order valence-corrected chi connectivity index (χ4v) is 1.97. The minimum Gasteiger partial charge on any atom is -0.383 e. The highest BCUT2D eigenvalue weighted by molar-refractivity contribution is 7.13. The first kappa shape index (κ1) is 12.5. The Bertz CT molecular complexity index is 513. The number of hydrogen-bond donors (Lipinski definition) is 2. The first-order chi connectivity index (χ1) is 8.81. The highest BCUT2D eigenvalue weighted by Gasteiger charge is 2.12. The summed E-state index contributed by atoms with van der Waals surface area (Å²) < 4.78 is 0. The van der Waals surface area contributed by atoms with Crippen LogP contribution < -0.4 is 10.6 Å². The molecule has 18 heavy (non-hydrogen) atoms. The minimum atomic E-state index is -0.175. The summed E-state index contributed by atoms with van der Waals surface area (Å²) in [6.45, 7) is 2.88. The van der Waals surface area contributed by atoms with Crippen molar-refractivity contribution in [1.29, 1.82) is 0 Å². The molecule has 6 heteroatoms. The summed E-state index contributed by atoms with van der Waals surface area (Å²) in [5.41, 5.74) is 1.32. The molecule has 0 atom stereocenters. The van der Waals surface area contributed by atoms with E-state index in [1.165, 1.54) is 11.3 Å². The summed E-state index contributed by atoms with van der Waals surface area (Å²) in [7, 11) is 0. The van der Waals surface area contributed by atoms with E-state index in [0.717, 1.165) is 18.7 Å². The molecule has 0 saturated heterocycles. The van der Waals surface area contributed by atoms with Crippen molar-refractivity contribution in [3.05, 3.63) is 35.6 Å². The van der Waals surface area contributed by atoms with Crippen LogP contribution in [-0.2, 0) is 0 Å². The molecule has 2 aromatic heterocycles. The first-order valence-electron chi connectivity index (χ1n) is 5.70. The first-order valence-corrected chi connectivity index (χ1v) is 6.58. The molecule has 1 amide bonds. The summed E-state index contributed by atoms with van der Waals surface area (Å²) in [6.07, 6.45) is 5.91. The second kappa shape index (κ2) is 6.11. The van der Waals surface area contributed by atoms with Crippen LogP contribution in [0.4, 0.5) is 10.8 Å². The van der Waals surface area contributed by atoms with Crippen molar-refractivity contribution in [2.75, 3.05) is 17.2 Å². The van der Waals surface area contributed by atoms with Crippen molar-refractivity contribution >= 4 is 28.1 Å². The van der Waals surface area contributed by atoms with Gasteiger partial charge in [0.2, 0.25) is 0 Å². The van der Waals surface area contributed by atoms with E-state index < -0.39 is 0 Å². The van der Waals surface area contributed by atoms with Crippen LogP contribution in [0.15, 0.2) is 30.0 Å². The second-order valence-electron chi connectivity index (χ2n) is 3.64. The van der Waals surface area contributed by atoms with Crippen LogP contribution >= 0.6 is 11.3 Å². The monoisotopic (exact) mass is 262 g/mol. The number of nitrogens with one attached hydrogen (secondary N) is 2. The van der Waals surface area contributed by atoms with Gasteiger partial charge in [-0.25, -0.2) is 4.98 Å². The average Bonchev–Trinajstić information content (AvgIpc) is 2.89. The molecule has 2 aromatic rings. The Morgan fingerprint density at radius 3 is 3.06 bits per heavy atom. The molecular weight excluding hydrogens is 248 g/mol. The van der Waals surface area contributed by atoms with Gasteiger partial charge >= 0.3 is 0 Å².